The molecule has 19 heavy (non-hydrogen) atoms. The lowest BCUT2D eigenvalue weighted by molar-refractivity contribution is 0.0605. The molecule has 1 atom stereocenters. The summed E-state index contributed by atoms with van der Waals surface area (Å²) in [5, 5.41) is 8.14. The molecule has 2 rings (SSSR count). The van der Waals surface area contributed by atoms with Crippen molar-refractivity contribution in [2.45, 2.75) is 52.1 Å². The van der Waals surface area contributed by atoms with E-state index >= 15 is 0 Å². The van der Waals surface area contributed by atoms with E-state index in [-0.39, 0.29) is 0 Å². The maximum absolute atomic E-state index is 5.45. The smallest absolute Gasteiger partial charge is 0.0625 e. The predicted molar refractivity (Wildman–Crippen MR) is 77.2 cm³/mol. The summed E-state index contributed by atoms with van der Waals surface area (Å²) in [5.41, 5.74) is 2.54. The van der Waals surface area contributed by atoms with E-state index in [0.29, 0.717) is 6.04 Å². The average Bonchev–Trinajstić information content (AvgIpc) is 2.89. The minimum atomic E-state index is 0.413. The van der Waals surface area contributed by atoms with Crippen LogP contribution in [0.2, 0.25) is 0 Å². The normalized spacial score (nSPS) is 18.7. The molecule has 4 heteroatoms. The first-order chi connectivity index (χ1) is 9.28. The van der Waals surface area contributed by atoms with Crippen molar-refractivity contribution in [1.82, 2.24) is 15.1 Å². The molecular weight excluding hydrogens is 238 g/mol. The first-order valence-electron chi connectivity index (χ1n) is 7.60. The third-order valence-electron chi connectivity index (χ3n) is 4.14. The molecule has 1 N–H and O–H groups in total. The van der Waals surface area contributed by atoms with Crippen LogP contribution in [0.5, 0.6) is 0 Å². The zero-order chi connectivity index (χ0) is 13.7. The molecule has 0 aromatic carbocycles. The fraction of sp³-hybridized carbons (Fsp3) is 0.800. The second-order valence-corrected chi connectivity index (χ2v) is 5.36. The Bertz CT molecular complexity index is 383. The zero-order valence-corrected chi connectivity index (χ0v) is 12.5. The molecule has 4 nitrogen and oxygen atoms in total. The molecule has 1 aromatic rings. The maximum Gasteiger partial charge on any atom is 0.0625 e. The van der Waals surface area contributed by atoms with Crippen molar-refractivity contribution in [2.75, 3.05) is 20.3 Å². The van der Waals surface area contributed by atoms with Gasteiger partial charge >= 0.3 is 0 Å². The maximum atomic E-state index is 5.45. The summed E-state index contributed by atoms with van der Waals surface area (Å²) in [6.45, 7) is 7.13. The fourth-order valence-corrected chi connectivity index (χ4v) is 2.90. The van der Waals surface area contributed by atoms with E-state index in [2.05, 4.69) is 42.1 Å². The molecule has 0 bridgehead atoms. The minimum absolute atomic E-state index is 0.413. The monoisotopic (exact) mass is 265 g/mol. The highest BCUT2D eigenvalue weighted by molar-refractivity contribution is 5.14. The van der Waals surface area contributed by atoms with E-state index in [4.69, 9.17) is 4.74 Å². The van der Waals surface area contributed by atoms with Gasteiger partial charge in [-0.3, -0.25) is 4.68 Å². The van der Waals surface area contributed by atoms with Gasteiger partial charge in [0, 0.05) is 25.8 Å². The summed E-state index contributed by atoms with van der Waals surface area (Å²) in [6.07, 6.45) is 4.58. The topological polar surface area (TPSA) is 39.1 Å². The van der Waals surface area contributed by atoms with Gasteiger partial charge in [-0.15, -0.1) is 0 Å². The van der Waals surface area contributed by atoms with Crippen LogP contribution in [0.1, 0.15) is 50.5 Å². The van der Waals surface area contributed by atoms with Gasteiger partial charge in [0.1, 0.15) is 0 Å². The number of aromatic nitrogens is 2. The van der Waals surface area contributed by atoms with Crippen LogP contribution in [0.15, 0.2) is 6.07 Å². The van der Waals surface area contributed by atoms with Gasteiger partial charge < -0.3 is 10.1 Å². The van der Waals surface area contributed by atoms with E-state index < -0.39 is 0 Å². The van der Waals surface area contributed by atoms with Crippen LogP contribution in [-0.4, -0.2) is 30.0 Å². The highest BCUT2D eigenvalue weighted by Gasteiger charge is 2.22. The molecule has 0 amide bonds. The van der Waals surface area contributed by atoms with Gasteiger partial charge in [0.2, 0.25) is 0 Å². The van der Waals surface area contributed by atoms with Gasteiger partial charge in [-0.25, -0.2) is 0 Å². The summed E-state index contributed by atoms with van der Waals surface area (Å²) >= 11 is 0. The van der Waals surface area contributed by atoms with Gasteiger partial charge in [-0.1, -0.05) is 6.92 Å². The fourth-order valence-electron chi connectivity index (χ4n) is 2.90. The Morgan fingerprint density at radius 1 is 1.42 bits per heavy atom. The van der Waals surface area contributed by atoms with Gasteiger partial charge in [0.25, 0.3) is 0 Å². The van der Waals surface area contributed by atoms with Crippen LogP contribution < -0.4 is 5.32 Å². The highest BCUT2D eigenvalue weighted by atomic mass is 16.5. The minimum Gasteiger partial charge on any atom is -0.381 e. The Morgan fingerprint density at radius 2 is 2.16 bits per heavy atom. The Labute approximate surface area is 116 Å². The molecule has 1 saturated heterocycles. The van der Waals surface area contributed by atoms with E-state index in [1.165, 1.54) is 30.7 Å². The molecular formula is C15H27N3O. The van der Waals surface area contributed by atoms with Crippen LogP contribution in [0.4, 0.5) is 0 Å². The number of ether oxygens (including phenoxy) is 1. The highest BCUT2D eigenvalue weighted by Crippen LogP contribution is 2.28. The molecule has 1 aromatic heterocycles. The second kappa shape index (κ2) is 7.06. The van der Waals surface area contributed by atoms with Crippen molar-refractivity contribution in [3.8, 4) is 0 Å². The first-order valence-corrected chi connectivity index (χ1v) is 7.60. The molecule has 1 aliphatic heterocycles. The quantitative estimate of drug-likeness (QED) is 0.859. The number of nitrogens with one attached hydrogen (secondary N) is 1. The third-order valence-corrected chi connectivity index (χ3v) is 4.14. The Balaban J connectivity index is 2.09. The molecule has 2 heterocycles. The van der Waals surface area contributed by atoms with Crippen molar-refractivity contribution in [1.29, 1.82) is 0 Å². The van der Waals surface area contributed by atoms with Gasteiger partial charge in [0.15, 0.2) is 0 Å². The predicted octanol–water partition coefficient (Wildman–Crippen LogP) is 2.54. The molecule has 0 spiro atoms. The van der Waals surface area contributed by atoms with E-state index in [1.54, 1.807) is 0 Å². The largest absolute Gasteiger partial charge is 0.381 e. The van der Waals surface area contributed by atoms with Crippen molar-refractivity contribution in [3.63, 3.8) is 0 Å². The number of aryl methyl sites for hydroxylation is 2. The van der Waals surface area contributed by atoms with Crippen LogP contribution >= 0.6 is 0 Å². The van der Waals surface area contributed by atoms with Crippen LogP contribution in [-0.2, 0) is 17.7 Å². The molecule has 0 aliphatic carbocycles. The van der Waals surface area contributed by atoms with E-state index in [1.807, 2.05) is 0 Å². The van der Waals surface area contributed by atoms with E-state index in [9.17, 15) is 0 Å². The summed E-state index contributed by atoms with van der Waals surface area (Å²) in [7, 11) is 2.06. The van der Waals surface area contributed by atoms with Crippen LogP contribution in [0.3, 0.4) is 0 Å². The lowest BCUT2D eigenvalue weighted by atomic mass is 9.91. The number of rotatable bonds is 6. The molecule has 0 saturated carbocycles. The Kier molecular flexibility index (Phi) is 5.40. The van der Waals surface area contributed by atoms with Crippen molar-refractivity contribution < 1.29 is 4.74 Å². The number of hydrogen-bond donors (Lipinski definition) is 1. The lowest BCUT2D eigenvalue weighted by Gasteiger charge is -2.26. The second-order valence-electron chi connectivity index (χ2n) is 5.36. The molecule has 108 valence electrons. The average molecular weight is 265 g/mol. The Morgan fingerprint density at radius 3 is 2.74 bits per heavy atom. The van der Waals surface area contributed by atoms with Gasteiger partial charge in [0.05, 0.1) is 11.4 Å². The summed E-state index contributed by atoms with van der Waals surface area (Å²) < 4.78 is 7.60. The molecule has 1 aliphatic rings. The van der Waals surface area contributed by atoms with Crippen molar-refractivity contribution in [2.24, 2.45) is 5.92 Å². The van der Waals surface area contributed by atoms with Crippen LogP contribution in [0.25, 0.3) is 0 Å². The number of hydrogen-bond acceptors (Lipinski definition) is 3. The van der Waals surface area contributed by atoms with Crippen LogP contribution in [0, 0.1) is 5.92 Å². The summed E-state index contributed by atoms with van der Waals surface area (Å²) in [4.78, 5) is 0. The lowest BCUT2D eigenvalue weighted by Crippen LogP contribution is -2.25. The molecule has 1 fully saturated rings. The van der Waals surface area contributed by atoms with Gasteiger partial charge in [-0.05, 0) is 51.6 Å². The van der Waals surface area contributed by atoms with Crippen molar-refractivity contribution in [3.05, 3.63) is 17.5 Å². The summed E-state index contributed by atoms with van der Waals surface area (Å²) in [6, 6.07) is 2.68. The first kappa shape index (κ1) is 14.5. The molecule has 0 radical (unpaired) electrons. The Hall–Kier alpha value is -0.870. The van der Waals surface area contributed by atoms with Gasteiger partial charge in [-0.2, -0.15) is 5.10 Å². The molecule has 1 unspecified atom stereocenters. The standard InChI is InChI=1S/C15H27N3O/c1-4-13-11-15(18(5-2)17-13)14(16-3)10-12-6-8-19-9-7-12/h11-12,14,16H,4-10H2,1-3H3. The number of nitrogens with zero attached hydrogens (tertiary/aromatic N) is 2. The van der Waals surface area contributed by atoms with E-state index in [0.717, 1.165) is 32.1 Å². The third kappa shape index (κ3) is 3.57. The van der Waals surface area contributed by atoms with Crippen molar-refractivity contribution >= 4 is 0 Å². The zero-order valence-electron chi connectivity index (χ0n) is 12.5. The SMILES string of the molecule is CCc1cc(C(CC2CCOCC2)NC)n(CC)n1. The summed E-state index contributed by atoms with van der Waals surface area (Å²) in [5.74, 6) is 0.775.